The van der Waals surface area contributed by atoms with E-state index in [-0.39, 0.29) is 24.0 Å². The van der Waals surface area contributed by atoms with E-state index in [4.69, 9.17) is 14.0 Å². The zero-order valence-corrected chi connectivity index (χ0v) is 21.2. The summed E-state index contributed by atoms with van der Waals surface area (Å²) < 4.78 is 46.9. The summed E-state index contributed by atoms with van der Waals surface area (Å²) in [5.41, 5.74) is 3.34. The number of methoxy groups -OCH3 is 1. The van der Waals surface area contributed by atoms with E-state index < -0.39 is 12.0 Å². The third-order valence-corrected chi connectivity index (χ3v) is 6.69. The van der Waals surface area contributed by atoms with Crippen LogP contribution < -0.4 is 9.64 Å². The molecule has 12 heteroatoms. The van der Waals surface area contributed by atoms with Crippen LogP contribution in [0.1, 0.15) is 22.9 Å². The third-order valence-electron chi connectivity index (χ3n) is 6.69. The van der Waals surface area contributed by atoms with E-state index in [1.165, 1.54) is 12.3 Å². The van der Waals surface area contributed by atoms with Gasteiger partial charge in [-0.3, -0.25) is 9.48 Å². The smallest absolute Gasteiger partial charge is 0.295 e. The van der Waals surface area contributed by atoms with Crippen molar-refractivity contribution in [2.45, 2.75) is 19.2 Å². The first-order chi connectivity index (χ1) is 19.6. The van der Waals surface area contributed by atoms with Crippen molar-refractivity contribution in [2.75, 3.05) is 18.6 Å². The number of aromatic nitrogens is 5. The Labute approximate surface area is 226 Å². The predicted molar refractivity (Wildman–Crippen MR) is 138 cm³/mol. The zero-order valence-electron chi connectivity index (χ0n) is 21.2. The topological polar surface area (TPSA) is 108 Å². The number of benzene rings is 2. The van der Waals surface area contributed by atoms with Crippen molar-refractivity contribution in [1.29, 1.82) is 0 Å². The number of halogens is 2. The second-order valence-electron chi connectivity index (χ2n) is 9.01. The molecule has 0 saturated heterocycles. The largest absolute Gasteiger partial charge is 0.497 e. The third kappa shape index (κ3) is 4.64. The van der Waals surface area contributed by atoms with Gasteiger partial charge >= 0.3 is 0 Å². The van der Waals surface area contributed by atoms with Gasteiger partial charge in [-0.2, -0.15) is 5.10 Å². The molecule has 0 bridgehead atoms. The maximum Gasteiger partial charge on any atom is 0.295 e. The first kappa shape index (κ1) is 25.2. The first-order valence-electron chi connectivity index (χ1n) is 12.3. The van der Waals surface area contributed by atoms with Crippen LogP contribution in [0.25, 0.3) is 22.9 Å². The van der Waals surface area contributed by atoms with E-state index in [1.54, 1.807) is 59.2 Å². The second-order valence-corrected chi connectivity index (χ2v) is 9.01. The Morgan fingerprint density at radius 3 is 2.75 bits per heavy atom. The number of rotatable bonds is 8. The Kier molecular flexibility index (Phi) is 6.64. The summed E-state index contributed by atoms with van der Waals surface area (Å²) in [5, 5.41) is 8.59. The standard InChI is InChI=1S/C28H22F2N6O4/c1-38-19-6-7-20-17(12-19)8-10-35(28(20)39-16-37)27-22(30)14-31-26(32-27)24-13-25(23-9-11-40-34-23)36(33-24)15-18-4-2-3-5-21(18)29/h2-7,9,11-14,16,28H,8,10,15H2,1H3. The van der Waals surface area contributed by atoms with Gasteiger partial charge in [0.2, 0.25) is 6.23 Å². The molecule has 202 valence electrons. The van der Waals surface area contributed by atoms with Crippen LogP contribution in [0.3, 0.4) is 0 Å². The molecular formula is C28H22F2N6O4. The number of carbonyl (C=O) groups is 1. The van der Waals surface area contributed by atoms with Gasteiger partial charge in [-0.05, 0) is 42.3 Å². The summed E-state index contributed by atoms with van der Waals surface area (Å²) >= 11 is 0. The monoisotopic (exact) mass is 544 g/mol. The summed E-state index contributed by atoms with van der Waals surface area (Å²) in [5.74, 6) is -0.330. The van der Waals surface area contributed by atoms with Crippen molar-refractivity contribution < 1.29 is 27.6 Å². The molecule has 1 atom stereocenters. The highest BCUT2D eigenvalue weighted by atomic mass is 19.1. The van der Waals surface area contributed by atoms with E-state index in [0.29, 0.717) is 53.4 Å². The summed E-state index contributed by atoms with van der Waals surface area (Å²) in [7, 11) is 1.57. The summed E-state index contributed by atoms with van der Waals surface area (Å²) in [6, 6.07) is 15.1. The van der Waals surface area contributed by atoms with Gasteiger partial charge < -0.3 is 18.9 Å². The average Bonchev–Trinajstić information content (AvgIpc) is 3.65. The molecule has 0 spiro atoms. The van der Waals surface area contributed by atoms with E-state index in [9.17, 15) is 9.18 Å². The number of fused-ring (bicyclic) bond motifs is 1. The van der Waals surface area contributed by atoms with Crippen LogP contribution in [-0.4, -0.2) is 45.0 Å². The van der Waals surface area contributed by atoms with E-state index >= 15 is 4.39 Å². The molecule has 0 fully saturated rings. The molecule has 10 nitrogen and oxygen atoms in total. The summed E-state index contributed by atoms with van der Waals surface area (Å²) in [6.07, 6.45) is 2.09. The van der Waals surface area contributed by atoms with Gasteiger partial charge in [0.1, 0.15) is 29.2 Å². The van der Waals surface area contributed by atoms with Crippen LogP contribution in [0.5, 0.6) is 5.75 Å². The number of hydrogen-bond acceptors (Lipinski definition) is 9. The molecule has 3 aromatic heterocycles. The van der Waals surface area contributed by atoms with Gasteiger partial charge in [-0.1, -0.05) is 23.4 Å². The SMILES string of the molecule is COc1ccc2c(c1)CCN(c1nc(-c3cc(-c4ccon4)n(Cc4ccccc4F)n3)ncc1F)C2OC=O. The summed E-state index contributed by atoms with van der Waals surface area (Å²) in [6.45, 7) is 0.744. The van der Waals surface area contributed by atoms with Crippen molar-refractivity contribution >= 4 is 12.3 Å². The molecule has 2 aromatic carbocycles. The van der Waals surface area contributed by atoms with Gasteiger partial charge in [0.25, 0.3) is 6.47 Å². The molecule has 1 aliphatic heterocycles. The fourth-order valence-corrected chi connectivity index (χ4v) is 4.78. The normalized spacial score (nSPS) is 14.6. The molecule has 1 unspecified atom stereocenters. The molecule has 0 saturated carbocycles. The van der Waals surface area contributed by atoms with Gasteiger partial charge in [0, 0.05) is 23.7 Å². The van der Waals surface area contributed by atoms with E-state index in [2.05, 4.69) is 20.2 Å². The number of hydrogen-bond donors (Lipinski definition) is 0. The van der Waals surface area contributed by atoms with Crippen molar-refractivity contribution in [3.05, 3.63) is 95.4 Å². The highest BCUT2D eigenvalue weighted by molar-refractivity contribution is 5.64. The van der Waals surface area contributed by atoms with Gasteiger partial charge in [-0.15, -0.1) is 0 Å². The zero-order chi connectivity index (χ0) is 27.6. The lowest BCUT2D eigenvalue weighted by molar-refractivity contribution is -0.134. The lowest BCUT2D eigenvalue weighted by atomic mass is 9.97. The minimum atomic E-state index is -0.909. The molecule has 1 aliphatic rings. The number of ether oxygens (including phenoxy) is 2. The number of nitrogens with zero attached hydrogens (tertiary/aromatic N) is 6. The molecule has 0 aliphatic carbocycles. The molecule has 0 N–H and O–H groups in total. The molecule has 0 radical (unpaired) electrons. The lowest BCUT2D eigenvalue weighted by Crippen LogP contribution is -2.38. The van der Waals surface area contributed by atoms with Crippen LogP contribution in [0.4, 0.5) is 14.6 Å². The average molecular weight is 545 g/mol. The van der Waals surface area contributed by atoms with E-state index in [1.807, 2.05) is 6.07 Å². The van der Waals surface area contributed by atoms with Crippen LogP contribution in [0.15, 0.2) is 71.6 Å². The minimum absolute atomic E-state index is 0.0510. The fraction of sp³-hybridized carbons (Fsp3) is 0.179. The van der Waals surface area contributed by atoms with Crippen molar-refractivity contribution in [3.63, 3.8) is 0 Å². The van der Waals surface area contributed by atoms with Crippen molar-refractivity contribution in [2.24, 2.45) is 0 Å². The molecule has 4 heterocycles. The maximum atomic E-state index is 15.2. The van der Waals surface area contributed by atoms with Crippen LogP contribution in [0, 0.1) is 11.6 Å². The second kappa shape index (κ2) is 10.6. The predicted octanol–water partition coefficient (Wildman–Crippen LogP) is 4.56. The van der Waals surface area contributed by atoms with Crippen molar-refractivity contribution in [1.82, 2.24) is 24.9 Å². The Hall–Kier alpha value is -5.13. The van der Waals surface area contributed by atoms with Gasteiger partial charge in [0.15, 0.2) is 17.5 Å². The van der Waals surface area contributed by atoms with E-state index in [0.717, 1.165) is 11.8 Å². The fourth-order valence-electron chi connectivity index (χ4n) is 4.78. The Morgan fingerprint density at radius 1 is 1.10 bits per heavy atom. The quantitative estimate of drug-likeness (QED) is 0.260. The molecular weight excluding hydrogens is 522 g/mol. The Bertz CT molecular complexity index is 1670. The van der Waals surface area contributed by atoms with Gasteiger partial charge in [0.05, 0.1) is 25.5 Å². The molecule has 5 aromatic rings. The Morgan fingerprint density at radius 2 is 1.98 bits per heavy atom. The molecule has 40 heavy (non-hydrogen) atoms. The van der Waals surface area contributed by atoms with Gasteiger partial charge in [-0.25, -0.2) is 18.7 Å². The number of anilines is 1. The highest BCUT2D eigenvalue weighted by Crippen LogP contribution is 2.37. The molecule has 0 amide bonds. The van der Waals surface area contributed by atoms with Crippen LogP contribution in [0.2, 0.25) is 0 Å². The summed E-state index contributed by atoms with van der Waals surface area (Å²) in [4.78, 5) is 21.7. The Balaban J connectivity index is 1.40. The first-order valence-corrected chi connectivity index (χ1v) is 12.3. The van der Waals surface area contributed by atoms with Crippen molar-refractivity contribution in [3.8, 4) is 28.7 Å². The minimum Gasteiger partial charge on any atom is -0.497 e. The lowest BCUT2D eigenvalue weighted by Gasteiger charge is -2.36. The molecule has 6 rings (SSSR count). The van der Waals surface area contributed by atoms with Crippen LogP contribution in [-0.2, 0) is 22.5 Å². The maximum absolute atomic E-state index is 15.2. The number of carbonyl (C=O) groups excluding carboxylic acids is 1. The highest BCUT2D eigenvalue weighted by Gasteiger charge is 2.32. The van der Waals surface area contributed by atoms with Crippen LogP contribution >= 0.6 is 0 Å².